The number of rotatable bonds is 6. The number of thiazole rings is 1. The van der Waals surface area contributed by atoms with Crippen LogP contribution in [0.3, 0.4) is 0 Å². The number of carbonyl (C=O) groups is 2. The van der Waals surface area contributed by atoms with Crippen LogP contribution in [-0.2, 0) is 4.79 Å². The first kappa shape index (κ1) is 18.8. The summed E-state index contributed by atoms with van der Waals surface area (Å²) in [6.45, 7) is 6.18. The van der Waals surface area contributed by atoms with E-state index in [2.05, 4.69) is 15.6 Å². The second kappa shape index (κ2) is 8.18. The average molecular weight is 383 g/mol. The second-order valence-corrected chi connectivity index (χ2v) is 7.29. The van der Waals surface area contributed by atoms with Crippen LogP contribution >= 0.6 is 11.3 Å². The van der Waals surface area contributed by atoms with E-state index >= 15 is 0 Å². The quantitative estimate of drug-likeness (QED) is 0.655. The third-order valence-electron chi connectivity index (χ3n) is 3.83. The third kappa shape index (κ3) is 4.62. The molecule has 140 valence electrons. The van der Waals surface area contributed by atoms with Gasteiger partial charge in [0.2, 0.25) is 5.91 Å². The highest BCUT2D eigenvalue weighted by molar-refractivity contribution is 7.22. The molecule has 3 rings (SSSR count). The number of carbonyl (C=O) groups excluding carboxylic acids is 2. The van der Waals surface area contributed by atoms with Crippen molar-refractivity contribution in [1.29, 1.82) is 0 Å². The van der Waals surface area contributed by atoms with Crippen molar-refractivity contribution in [3.8, 4) is 5.75 Å². The summed E-state index contributed by atoms with van der Waals surface area (Å²) in [4.78, 5) is 28.6. The Morgan fingerprint density at radius 1 is 1.11 bits per heavy atom. The van der Waals surface area contributed by atoms with Gasteiger partial charge in [-0.3, -0.25) is 14.9 Å². The summed E-state index contributed by atoms with van der Waals surface area (Å²) in [5, 5.41) is 6.14. The molecule has 0 spiro atoms. The number of fused-ring (bicyclic) bond motifs is 1. The fourth-order valence-electron chi connectivity index (χ4n) is 2.38. The summed E-state index contributed by atoms with van der Waals surface area (Å²) in [6.07, 6.45) is 0. The molecule has 2 aromatic carbocycles. The van der Waals surface area contributed by atoms with Crippen LogP contribution in [0, 0.1) is 5.92 Å². The molecule has 0 aliphatic carbocycles. The Hall–Kier alpha value is -2.93. The summed E-state index contributed by atoms with van der Waals surface area (Å²) in [5.41, 5.74) is 1.96. The number of hydrogen-bond donors (Lipinski definition) is 2. The summed E-state index contributed by atoms with van der Waals surface area (Å²) >= 11 is 1.40. The van der Waals surface area contributed by atoms with Gasteiger partial charge in [0.05, 0.1) is 16.8 Å². The van der Waals surface area contributed by atoms with Gasteiger partial charge in [-0.1, -0.05) is 25.2 Å². The molecular formula is C20H21N3O3S. The van der Waals surface area contributed by atoms with E-state index in [4.69, 9.17) is 4.74 Å². The molecule has 7 heteroatoms. The Morgan fingerprint density at radius 2 is 1.85 bits per heavy atom. The van der Waals surface area contributed by atoms with Gasteiger partial charge >= 0.3 is 0 Å². The van der Waals surface area contributed by atoms with E-state index in [0.717, 1.165) is 16.0 Å². The van der Waals surface area contributed by atoms with Gasteiger partial charge in [0.15, 0.2) is 5.13 Å². The maximum atomic E-state index is 12.4. The zero-order valence-corrected chi connectivity index (χ0v) is 16.2. The molecule has 3 aromatic rings. The third-order valence-corrected chi connectivity index (χ3v) is 4.76. The number of nitrogens with zero attached hydrogens (tertiary/aromatic N) is 1. The number of amides is 2. The SMILES string of the molecule is CCOc1ccc2nc(NC(=O)c3ccc(NC(=O)C(C)C)cc3)sc2c1. The normalized spacial score (nSPS) is 10.8. The minimum Gasteiger partial charge on any atom is -0.494 e. The predicted molar refractivity (Wildman–Crippen MR) is 109 cm³/mol. The van der Waals surface area contributed by atoms with E-state index in [1.165, 1.54) is 11.3 Å². The second-order valence-electron chi connectivity index (χ2n) is 6.26. The highest BCUT2D eigenvalue weighted by Crippen LogP contribution is 2.29. The minimum atomic E-state index is -0.249. The number of ether oxygens (including phenoxy) is 1. The average Bonchev–Trinajstić information content (AvgIpc) is 3.04. The Balaban J connectivity index is 1.69. The maximum absolute atomic E-state index is 12.4. The first-order valence-corrected chi connectivity index (χ1v) is 9.53. The van der Waals surface area contributed by atoms with Crippen LogP contribution in [0.25, 0.3) is 10.2 Å². The van der Waals surface area contributed by atoms with E-state index < -0.39 is 0 Å². The summed E-state index contributed by atoms with van der Waals surface area (Å²) in [5.74, 6) is 0.370. The highest BCUT2D eigenvalue weighted by Gasteiger charge is 2.12. The van der Waals surface area contributed by atoms with Crippen molar-refractivity contribution in [3.63, 3.8) is 0 Å². The number of nitrogens with one attached hydrogen (secondary N) is 2. The molecule has 0 radical (unpaired) electrons. The van der Waals surface area contributed by atoms with Gasteiger partial charge in [-0.2, -0.15) is 0 Å². The summed E-state index contributed by atoms with van der Waals surface area (Å²) < 4.78 is 6.44. The van der Waals surface area contributed by atoms with Crippen LogP contribution in [0.15, 0.2) is 42.5 Å². The molecule has 0 unspecified atom stereocenters. The molecule has 2 N–H and O–H groups in total. The fourth-order valence-corrected chi connectivity index (χ4v) is 3.27. The largest absolute Gasteiger partial charge is 0.494 e. The molecule has 6 nitrogen and oxygen atoms in total. The van der Waals surface area contributed by atoms with E-state index in [0.29, 0.717) is 23.0 Å². The smallest absolute Gasteiger partial charge is 0.257 e. The topological polar surface area (TPSA) is 80.3 Å². The zero-order chi connectivity index (χ0) is 19.4. The van der Waals surface area contributed by atoms with Crippen LogP contribution < -0.4 is 15.4 Å². The van der Waals surface area contributed by atoms with Crippen molar-refractivity contribution in [2.24, 2.45) is 5.92 Å². The van der Waals surface area contributed by atoms with Gasteiger partial charge < -0.3 is 10.1 Å². The molecule has 0 atom stereocenters. The first-order chi connectivity index (χ1) is 13.0. The zero-order valence-electron chi connectivity index (χ0n) is 15.4. The van der Waals surface area contributed by atoms with E-state index in [-0.39, 0.29) is 17.7 Å². The van der Waals surface area contributed by atoms with E-state index in [1.54, 1.807) is 24.3 Å². The van der Waals surface area contributed by atoms with Crippen LogP contribution in [0.4, 0.5) is 10.8 Å². The Kier molecular flexibility index (Phi) is 5.71. The van der Waals surface area contributed by atoms with Gasteiger partial charge in [-0.25, -0.2) is 4.98 Å². The molecule has 27 heavy (non-hydrogen) atoms. The van der Waals surface area contributed by atoms with Gasteiger partial charge in [-0.15, -0.1) is 0 Å². The summed E-state index contributed by atoms with van der Waals surface area (Å²) in [7, 11) is 0. The molecule has 1 heterocycles. The maximum Gasteiger partial charge on any atom is 0.257 e. The lowest BCUT2D eigenvalue weighted by molar-refractivity contribution is -0.118. The van der Waals surface area contributed by atoms with Crippen molar-refractivity contribution in [2.45, 2.75) is 20.8 Å². The molecule has 0 saturated heterocycles. The molecule has 0 aliphatic heterocycles. The highest BCUT2D eigenvalue weighted by atomic mass is 32.1. The number of hydrogen-bond acceptors (Lipinski definition) is 5. The first-order valence-electron chi connectivity index (χ1n) is 8.72. The van der Waals surface area contributed by atoms with Crippen LogP contribution in [0.1, 0.15) is 31.1 Å². The van der Waals surface area contributed by atoms with Crippen LogP contribution in [0.2, 0.25) is 0 Å². The Labute approximate surface area is 161 Å². The van der Waals surface area contributed by atoms with Gasteiger partial charge in [0, 0.05) is 17.2 Å². The molecule has 0 fully saturated rings. The Bertz CT molecular complexity index is 964. The number of anilines is 2. The number of benzene rings is 2. The molecular weight excluding hydrogens is 362 g/mol. The van der Waals surface area contributed by atoms with Crippen molar-refractivity contribution in [2.75, 3.05) is 17.2 Å². The lowest BCUT2D eigenvalue weighted by Crippen LogP contribution is -2.18. The lowest BCUT2D eigenvalue weighted by Gasteiger charge is -2.08. The molecule has 2 amide bonds. The predicted octanol–water partition coefficient (Wildman–Crippen LogP) is 4.54. The molecule has 0 saturated carbocycles. The van der Waals surface area contributed by atoms with Gasteiger partial charge in [-0.05, 0) is 49.4 Å². The van der Waals surface area contributed by atoms with Crippen molar-refractivity contribution < 1.29 is 14.3 Å². The molecule has 0 bridgehead atoms. The monoisotopic (exact) mass is 383 g/mol. The van der Waals surface area contributed by atoms with Crippen molar-refractivity contribution >= 4 is 44.2 Å². The van der Waals surface area contributed by atoms with Crippen molar-refractivity contribution in [1.82, 2.24) is 4.98 Å². The standard InChI is InChI=1S/C20H21N3O3S/c1-4-26-15-9-10-16-17(11-15)27-20(22-16)23-19(25)13-5-7-14(8-6-13)21-18(24)12(2)3/h5-12H,4H2,1-3H3,(H,21,24)(H,22,23,25). The van der Waals surface area contributed by atoms with Gasteiger partial charge in [0.25, 0.3) is 5.91 Å². The van der Waals surface area contributed by atoms with Crippen LogP contribution in [-0.4, -0.2) is 23.4 Å². The van der Waals surface area contributed by atoms with Crippen LogP contribution in [0.5, 0.6) is 5.75 Å². The fraction of sp³-hybridized carbons (Fsp3) is 0.250. The minimum absolute atomic E-state index is 0.0619. The van der Waals surface area contributed by atoms with E-state index in [1.807, 2.05) is 39.0 Å². The molecule has 1 aromatic heterocycles. The Morgan fingerprint density at radius 3 is 2.52 bits per heavy atom. The summed E-state index contributed by atoms with van der Waals surface area (Å²) in [6, 6.07) is 12.4. The van der Waals surface area contributed by atoms with Gasteiger partial charge in [0.1, 0.15) is 5.75 Å². The number of aromatic nitrogens is 1. The van der Waals surface area contributed by atoms with Crippen molar-refractivity contribution in [3.05, 3.63) is 48.0 Å². The molecule has 0 aliphatic rings. The lowest BCUT2D eigenvalue weighted by atomic mass is 10.1. The van der Waals surface area contributed by atoms with E-state index in [9.17, 15) is 9.59 Å².